The van der Waals surface area contributed by atoms with Gasteiger partial charge in [-0.05, 0) is 56.2 Å². The van der Waals surface area contributed by atoms with Crippen molar-refractivity contribution in [2.24, 2.45) is 5.92 Å². The Balaban J connectivity index is 1.25. The Labute approximate surface area is 211 Å². The average molecular weight is 489 g/mol. The van der Waals surface area contributed by atoms with Gasteiger partial charge in [0.05, 0.1) is 47.8 Å². The molecule has 6 rings (SSSR count). The van der Waals surface area contributed by atoms with E-state index in [-0.39, 0.29) is 24.7 Å². The number of carbonyl (C=O) groups excluding carboxylic acids is 1. The van der Waals surface area contributed by atoms with E-state index in [0.29, 0.717) is 49.1 Å². The zero-order chi connectivity index (χ0) is 24.6. The number of ether oxygens (including phenoxy) is 1. The van der Waals surface area contributed by atoms with Crippen molar-refractivity contribution >= 4 is 23.1 Å². The maximum atomic E-state index is 13.1. The number of piperazine rings is 1. The van der Waals surface area contributed by atoms with Crippen LogP contribution in [0.2, 0.25) is 0 Å². The van der Waals surface area contributed by atoms with Crippen LogP contribution in [0.5, 0.6) is 0 Å². The number of pyridine rings is 2. The van der Waals surface area contributed by atoms with Crippen LogP contribution in [0.25, 0.3) is 0 Å². The number of anilines is 3. The molecule has 9 heteroatoms. The molecule has 188 valence electrons. The van der Waals surface area contributed by atoms with Crippen LogP contribution in [0.4, 0.5) is 17.2 Å². The lowest BCUT2D eigenvalue weighted by Crippen LogP contribution is -2.57. The van der Waals surface area contributed by atoms with Gasteiger partial charge >= 0.3 is 0 Å². The number of aliphatic hydroxyl groups excluding tert-OH is 1. The number of nitrogens with one attached hydrogen (secondary N) is 1. The van der Waals surface area contributed by atoms with Gasteiger partial charge in [-0.2, -0.15) is 5.26 Å². The standard InChI is InChI=1S/C27H32N6O3/c28-14-19-11-23(30-20-5-7-29-21(12-20)16-34)26(18-3-4-18)31-27(19)32-8-9-33(24(15-32)17-1-2-17)25(35)13-22-6-10-36-22/h5,7,11-12,17-18,22,24,34H,1-4,6,8-10,13,15-16H2,(H,29,30)/t22-,24+/m1/s1. The number of hydrogen-bond acceptors (Lipinski definition) is 8. The molecular formula is C27H32N6O3. The van der Waals surface area contributed by atoms with Gasteiger partial charge in [-0.3, -0.25) is 9.78 Å². The van der Waals surface area contributed by atoms with Crippen LogP contribution >= 0.6 is 0 Å². The quantitative estimate of drug-likeness (QED) is 0.583. The number of carbonyl (C=O) groups is 1. The fourth-order valence-electron chi connectivity index (χ4n) is 5.36. The van der Waals surface area contributed by atoms with Crippen LogP contribution in [0.3, 0.4) is 0 Å². The molecule has 0 unspecified atom stereocenters. The van der Waals surface area contributed by atoms with Gasteiger partial charge in [0.15, 0.2) is 0 Å². The van der Waals surface area contributed by atoms with Crippen LogP contribution < -0.4 is 10.2 Å². The van der Waals surface area contributed by atoms with Crippen molar-refractivity contribution in [2.75, 3.05) is 36.5 Å². The SMILES string of the molecule is N#Cc1cc(Nc2ccnc(CO)c2)c(C2CC2)nc1N1CCN(C(=O)C[C@H]2CCO2)[C@H](C2CC2)C1. The fourth-order valence-corrected chi connectivity index (χ4v) is 5.36. The summed E-state index contributed by atoms with van der Waals surface area (Å²) in [7, 11) is 0. The highest BCUT2D eigenvalue weighted by atomic mass is 16.5. The molecule has 2 saturated carbocycles. The Morgan fingerprint density at radius 1 is 1.22 bits per heavy atom. The smallest absolute Gasteiger partial charge is 0.225 e. The van der Waals surface area contributed by atoms with E-state index in [0.717, 1.165) is 61.6 Å². The van der Waals surface area contributed by atoms with Gasteiger partial charge in [0.1, 0.15) is 11.9 Å². The van der Waals surface area contributed by atoms with Gasteiger partial charge < -0.3 is 25.0 Å². The zero-order valence-electron chi connectivity index (χ0n) is 20.4. The monoisotopic (exact) mass is 488 g/mol. The van der Waals surface area contributed by atoms with Crippen molar-refractivity contribution in [1.29, 1.82) is 5.26 Å². The van der Waals surface area contributed by atoms with E-state index in [4.69, 9.17) is 9.72 Å². The van der Waals surface area contributed by atoms with Crippen molar-refractivity contribution in [3.8, 4) is 6.07 Å². The van der Waals surface area contributed by atoms with Crippen molar-refractivity contribution in [2.45, 2.75) is 63.2 Å². The highest BCUT2D eigenvalue weighted by molar-refractivity contribution is 5.78. The topological polar surface area (TPSA) is 115 Å². The lowest BCUT2D eigenvalue weighted by atomic mass is 10.0. The lowest BCUT2D eigenvalue weighted by molar-refractivity contribution is -0.142. The van der Waals surface area contributed by atoms with Crippen LogP contribution in [0, 0.1) is 17.2 Å². The van der Waals surface area contributed by atoms with Crippen LogP contribution in [0.15, 0.2) is 24.4 Å². The molecule has 2 atom stereocenters. The molecule has 4 aliphatic rings. The zero-order valence-corrected chi connectivity index (χ0v) is 20.4. The summed E-state index contributed by atoms with van der Waals surface area (Å²) in [5, 5.41) is 22.9. The minimum atomic E-state index is -0.129. The van der Waals surface area contributed by atoms with E-state index in [1.165, 1.54) is 0 Å². The van der Waals surface area contributed by atoms with E-state index < -0.39 is 0 Å². The second-order valence-corrected chi connectivity index (χ2v) is 10.4. The Kier molecular flexibility index (Phi) is 6.23. The molecule has 1 amide bonds. The maximum absolute atomic E-state index is 13.1. The molecule has 2 N–H and O–H groups in total. The third kappa shape index (κ3) is 4.75. The van der Waals surface area contributed by atoms with Gasteiger partial charge in [0, 0.05) is 44.0 Å². The first-order valence-electron chi connectivity index (χ1n) is 13.1. The molecule has 4 heterocycles. The van der Waals surface area contributed by atoms with Crippen molar-refractivity contribution in [3.63, 3.8) is 0 Å². The van der Waals surface area contributed by atoms with E-state index in [9.17, 15) is 15.2 Å². The first-order valence-corrected chi connectivity index (χ1v) is 13.1. The van der Waals surface area contributed by atoms with Crippen LogP contribution in [-0.4, -0.2) is 64.3 Å². The van der Waals surface area contributed by atoms with Gasteiger partial charge in [0.2, 0.25) is 5.91 Å². The Morgan fingerprint density at radius 3 is 2.72 bits per heavy atom. The number of rotatable bonds is 8. The number of nitrogens with zero attached hydrogens (tertiary/aromatic N) is 5. The lowest BCUT2D eigenvalue weighted by Gasteiger charge is -2.43. The summed E-state index contributed by atoms with van der Waals surface area (Å²) in [6.45, 7) is 2.67. The second-order valence-electron chi connectivity index (χ2n) is 10.4. The highest BCUT2D eigenvalue weighted by Crippen LogP contribution is 2.45. The molecule has 0 spiro atoms. The number of aromatic nitrogens is 2. The third-order valence-electron chi connectivity index (χ3n) is 7.77. The van der Waals surface area contributed by atoms with E-state index >= 15 is 0 Å². The number of aliphatic hydroxyl groups is 1. The van der Waals surface area contributed by atoms with Gasteiger partial charge in [-0.25, -0.2) is 4.98 Å². The van der Waals surface area contributed by atoms with Gasteiger partial charge in [-0.15, -0.1) is 0 Å². The minimum absolute atomic E-state index is 0.0808. The van der Waals surface area contributed by atoms with Crippen molar-refractivity contribution in [3.05, 3.63) is 41.3 Å². The largest absolute Gasteiger partial charge is 0.390 e. The highest BCUT2D eigenvalue weighted by Gasteiger charge is 2.42. The minimum Gasteiger partial charge on any atom is -0.390 e. The fraction of sp³-hybridized carbons (Fsp3) is 0.556. The summed E-state index contributed by atoms with van der Waals surface area (Å²) < 4.78 is 5.51. The number of amides is 1. The van der Waals surface area contributed by atoms with Gasteiger partial charge in [0.25, 0.3) is 0 Å². The molecule has 0 bridgehead atoms. The van der Waals surface area contributed by atoms with E-state index in [1.54, 1.807) is 6.20 Å². The summed E-state index contributed by atoms with van der Waals surface area (Å²) in [5.41, 5.74) is 3.75. The summed E-state index contributed by atoms with van der Waals surface area (Å²) in [5.74, 6) is 1.84. The molecule has 2 saturated heterocycles. The first-order chi connectivity index (χ1) is 17.6. The van der Waals surface area contributed by atoms with Gasteiger partial charge in [-0.1, -0.05) is 0 Å². The molecule has 2 aliphatic carbocycles. The summed E-state index contributed by atoms with van der Waals surface area (Å²) >= 11 is 0. The van der Waals surface area contributed by atoms with E-state index in [1.807, 2.05) is 18.2 Å². The predicted molar refractivity (Wildman–Crippen MR) is 134 cm³/mol. The molecule has 9 nitrogen and oxygen atoms in total. The van der Waals surface area contributed by atoms with Crippen molar-refractivity contribution in [1.82, 2.24) is 14.9 Å². The maximum Gasteiger partial charge on any atom is 0.225 e. The molecule has 0 radical (unpaired) electrons. The molecular weight excluding hydrogens is 456 g/mol. The summed E-state index contributed by atoms with van der Waals surface area (Å²) in [4.78, 5) is 26.6. The molecule has 0 aromatic carbocycles. The van der Waals surface area contributed by atoms with Crippen LogP contribution in [0.1, 0.15) is 61.4 Å². The second kappa shape index (κ2) is 9.68. The normalized spacial score (nSPS) is 23.7. The third-order valence-corrected chi connectivity index (χ3v) is 7.77. The molecule has 4 fully saturated rings. The Morgan fingerprint density at radius 2 is 2.06 bits per heavy atom. The number of nitriles is 1. The summed E-state index contributed by atoms with van der Waals surface area (Å²) in [6.07, 6.45) is 7.66. The Bertz CT molecular complexity index is 1180. The van der Waals surface area contributed by atoms with Crippen LogP contribution in [-0.2, 0) is 16.1 Å². The van der Waals surface area contributed by atoms with E-state index in [2.05, 4.69) is 26.2 Å². The number of hydrogen-bond donors (Lipinski definition) is 2. The molecule has 2 aromatic rings. The Hall–Kier alpha value is -3.22. The molecule has 2 aliphatic heterocycles. The first kappa shape index (κ1) is 23.2. The average Bonchev–Trinajstić information content (AvgIpc) is 3.79. The summed E-state index contributed by atoms with van der Waals surface area (Å²) in [6, 6.07) is 8.10. The predicted octanol–water partition coefficient (Wildman–Crippen LogP) is 3.07. The molecule has 36 heavy (non-hydrogen) atoms. The van der Waals surface area contributed by atoms with Crippen molar-refractivity contribution < 1.29 is 14.6 Å². The molecule has 2 aromatic heterocycles.